The topological polar surface area (TPSA) is 113 Å². The highest BCUT2D eigenvalue weighted by Gasteiger charge is 2.35. The molecule has 4 rings (SSSR count). The Kier molecular flexibility index (Phi) is 6.68. The number of fused-ring (bicyclic) bond motifs is 1. The monoisotopic (exact) mass is 473 g/mol. The number of rotatable bonds is 7. The second kappa shape index (κ2) is 9.50. The Bertz CT molecular complexity index is 1300. The molecular formula is C23H27N3O6S. The molecule has 0 bridgehead atoms. The van der Waals surface area contributed by atoms with Gasteiger partial charge in [0, 0.05) is 39.3 Å². The molecule has 1 saturated heterocycles. The fraction of sp³-hybridized carbons (Fsp3) is 0.391. The van der Waals surface area contributed by atoms with Crippen LogP contribution in [0.5, 0.6) is 0 Å². The van der Waals surface area contributed by atoms with Crippen molar-refractivity contribution in [2.75, 3.05) is 26.2 Å². The predicted octanol–water partition coefficient (Wildman–Crippen LogP) is 1.55. The number of hydrogen-bond acceptors (Lipinski definition) is 6. The van der Waals surface area contributed by atoms with Gasteiger partial charge in [0.2, 0.25) is 15.9 Å². The minimum absolute atomic E-state index is 0.0222. The van der Waals surface area contributed by atoms with Gasteiger partial charge in [-0.2, -0.15) is 4.31 Å². The van der Waals surface area contributed by atoms with Gasteiger partial charge in [0.15, 0.2) is 5.58 Å². The number of oxazole rings is 1. The number of carbonyl (C=O) groups is 1. The molecule has 10 heteroatoms. The fourth-order valence-electron chi connectivity index (χ4n) is 4.24. The number of aromatic nitrogens is 1. The first kappa shape index (κ1) is 23.2. The number of aliphatic hydroxyl groups excluding tert-OH is 1. The van der Waals surface area contributed by atoms with E-state index in [9.17, 15) is 23.1 Å². The van der Waals surface area contributed by atoms with Crippen LogP contribution in [0, 0.1) is 5.92 Å². The predicted molar refractivity (Wildman–Crippen MR) is 122 cm³/mol. The second-order valence-corrected chi connectivity index (χ2v) is 10.2. The van der Waals surface area contributed by atoms with E-state index in [0.717, 1.165) is 5.56 Å². The number of sulfonamides is 1. The number of piperidine rings is 1. The van der Waals surface area contributed by atoms with Crippen molar-refractivity contribution in [3.63, 3.8) is 0 Å². The summed E-state index contributed by atoms with van der Waals surface area (Å²) in [6, 6.07) is 13.8. The molecule has 0 saturated carbocycles. The van der Waals surface area contributed by atoms with Gasteiger partial charge in [-0.15, -0.1) is 0 Å². The number of hydrogen-bond donors (Lipinski definition) is 1. The molecule has 0 radical (unpaired) electrons. The maximum Gasteiger partial charge on any atom is 0.419 e. The molecule has 33 heavy (non-hydrogen) atoms. The van der Waals surface area contributed by atoms with Crippen LogP contribution in [0.1, 0.15) is 18.4 Å². The molecule has 176 valence electrons. The van der Waals surface area contributed by atoms with Gasteiger partial charge >= 0.3 is 5.76 Å². The summed E-state index contributed by atoms with van der Waals surface area (Å²) >= 11 is 0. The highest BCUT2D eigenvalue weighted by molar-refractivity contribution is 7.89. The highest BCUT2D eigenvalue weighted by atomic mass is 32.2. The minimum atomic E-state index is -3.88. The fourth-order valence-corrected chi connectivity index (χ4v) is 5.78. The Labute approximate surface area is 191 Å². The van der Waals surface area contributed by atoms with Crippen molar-refractivity contribution < 1.29 is 22.7 Å². The van der Waals surface area contributed by atoms with E-state index in [4.69, 9.17) is 4.42 Å². The molecule has 1 amide bonds. The molecule has 2 heterocycles. The van der Waals surface area contributed by atoms with Crippen LogP contribution in [0.15, 0.2) is 62.6 Å². The van der Waals surface area contributed by atoms with Crippen molar-refractivity contribution in [3.8, 4) is 0 Å². The van der Waals surface area contributed by atoms with E-state index in [-0.39, 0.29) is 36.1 Å². The normalized spacial score (nSPS) is 17.3. The van der Waals surface area contributed by atoms with Crippen LogP contribution in [0.4, 0.5) is 0 Å². The molecule has 0 aliphatic carbocycles. The third-order valence-electron chi connectivity index (χ3n) is 6.03. The molecule has 3 aromatic rings. The van der Waals surface area contributed by atoms with Crippen molar-refractivity contribution in [2.24, 2.45) is 13.0 Å². The van der Waals surface area contributed by atoms with Crippen molar-refractivity contribution in [3.05, 3.63) is 64.6 Å². The molecule has 1 fully saturated rings. The van der Waals surface area contributed by atoms with Crippen LogP contribution in [0.2, 0.25) is 0 Å². The van der Waals surface area contributed by atoms with Crippen molar-refractivity contribution in [2.45, 2.75) is 24.3 Å². The zero-order valence-corrected chi connectivity index (χ0v) is 19.2. The first-order valence-corrected chi connectivity index (χ1v) is 12.3. The SMILES string of the molecule is Cn1c(=O)oc2cc(S(=O)(=O)N3CCC[C@H](C(=O)N(CCO)Cc4ccccc4)C3)ccc21. The van der Waals surface area contributed by atoms with E-state index in [2.05, 4.69) is 0 Å². The summed E-state index contributed by atoms with van der Waals surface area (Å²) < 4.78 is 34.4. The minimum Gasteiger partial charge on any atom is -0.408 e. The van der Waals surface area contributed by atoms with Crippen LogP contribution < -0.4 is 5.76 Å². The zero-order valence-electron chi connectivity index (χ0n) is 18.4. The summed E-state index contributed by atoms with van der Waals surface area (Å²) in [4.78, 5) is 26.6. The molecular weight excluding hydrogens is 446 g/mol. The molecule has 0 unspecified atom stereocenters. The van der Waals surface area contributed by atoms with Crippen molar-refractivity contribution >= 4 is 27.0 Å². The standard InChI is InChI=1S/C23H27N3O6S/c1-24-20-10-9-19(14-21(20)32-23(24)29)33(30,31)26-11-5-8-18(16-26)22(28)25(12-13-27)15-17-6-3-2-4-7-17/h2-4,6-7,9-10,14,18,27H,5,8,11-13,15-16H2,1H3/t18-/m0/s1. The quantitative estimate of drug-likeness (QED) is 0.557. The van der Waals surface area contributed by atoms with Gasteiger partial charge in [0.1, 0.15) is 0 Å². The average molecular weight is 474 g/mol. The average Bonchev–Trinajstić information content (AvgIpc) is 3.12. The summed E-state index contributed by atoms with van der Waals surface area (Å²) in [6.45, 7) is 0.736. The molecule has 1 aliphatic rings. The van der Waals surface area contributed by atoms with Crippen LogP contribution in [-0.2, 0) is 28.4 Å². The van der Waals surface area contributed by atoms with Crippen molar-refractivity contribution in [1.29, 1.82) is 0 Å². The van der Waals surface area contributed by atoms with E-state index >= 15 is 0 Å². The van der Waals surface area contributed by atoms with E-state index in [0.29, 0.717) is 31.4 Å². The largest absolute Gasteiger partial charge is 0.419 e. The summed E-state index contributed by atoms with van der Waals surface area (Å²) in [5.74, 6) is -1.23. The summed E-state index contributed by atoms with van der Waals surface area (Å²) in [5, 5.41) is 9.47. The smallest absolute Gasteiger partial charge is 0.408 e. The summed E-state index contributed by atoms with van der Waals surface area (Å²) in [7, 11) is -2.33. The summed E-state index contributed by atoms with van der Waals surface area (Å²) in [5.41, 5.74) is 1.65. The molecule has 1 aliphatic heterocycles. The molecule has 9 nitrogen and oxygen atoms in total. The Morgan fingerprint density at radius 2 is 1.97 bits per heavy atom. The number of aliphatic hydroxyl groups is 1. The molecule has 1 N–H and O–H groups in total. The maximum atomic E-state index is 13.3. The number of aryl methyl sites for hydroxylation is 1. The Morgan fingerprint density at radius 1 is 1.21 bits per heavy atom. The van der Waals surface area contributed by atoms with E-state index < -0.39 is 21.7 Å². The molecule has 1 aromatic heterocycles. The number of benzene rings is 2. The number of amides is 1. The number of nitrogens with zero attached hydrogens (tertiary/aromatic N) is 3. The summed E-state index contributed by atoms with van der Waals surface area (Å²) in [6.07, 6.45) is 1.13. The lowest BCUT2D eigenvalue weighted by Crippen LogP contribution is -2.47. The van der Waals surface area contributed by atoms with Gasteiger partial charge in [-0.25, -0.2) is 13.2 Å². The van der Waals surface area contributed by atoms with Gasteiger partial charge in [-0.05, 0) is 30.5 Å². The molecule has 2 aromatic carbocycles. The van der Waals surface area contributed by atoms with Gasteiger partial charge in [0.25, 0.3) is 0 Å². The van der Waals surface area contributed by atoms with Crippen LogP contribution in [0.3, 0.4) is 0 Å². The lowest BCUT2D eigenvalue weighted by molar-refractivity contribution is -0.137. The Hall–Kier alpha value is -2.95. The second-order valence-electron chi connectivity index (χ2n) is 8.23. The highest BCUT2D eigenvalue weighted by Crippen LogP contribution is 2.27. The molecule has 0 spiro atoms. The first-order valence-electron chi connectivity index (χ1n) is 10.8. The Morgan fingerprint density at radius 3 is 2.70 bits per heavy atom. The van der Waals surface area contributed by atoms with Crippen LogP contribution in [0.25, 0.3) is 11.1 Å². The van der Waals surface area contributed by atoms with Crippen LogP contribution >= 0.6 is 0 Å². The first-order chi connectivity index (χ1) is 15.8. The van der Waals surface area contributed by atoms with Crippen LogP contribution in [-0.4, -0.2) is 59.4 Å². The van der Waals surface area contributed by atoms with E-state index in [1.165, 1.54) is 21.0 Å². The van der Waals surface area contributed by atoms with Crippen molar-refractivity contribution in [1.82, 2.24) is 13.8 Å². The third kappa shape index (κ3) is 4.73. The lowest BCUT2D eigenvalue weighted by Gasteiger charge is -2.34. The zero-order chi connectivity index (χ0) is 23.6. The van der Waals surface area contributed by atoms with Gasteiger partial charge in [-0.1, -0.05) is 30.3 Å². The van der Waals surface area contributed by atoms with Gasteiger partial charge in [0.05, 0.1) is 22.9 Å². The van der Waals surface area contributed by atoms with Gasteiger partial charge in [-0.3, -0.25) is 9.36 Å². The van der Waals surface area contributed by atoms with E-state index in [1.807, 2.05) is 30.3 Å². The van der Waals surface area contributed by atoms with E-state index in [1.54, 1.807) is 18.0 Å². The Balaban J connectivity index is 1.54. The van der Waals surface area contributed by atoms with Gasteiger partial charge < -0.3 is 14.4 Å². The third-order valence-corrected chi connectivity index (χ3v) is 7.89. The number of carbonyl (C=O) groups excluding carboxylic acids is 1. The lowest BCUT2D eigenvalue weighted by atomic mass is 9.97. The maximum absolute atomic E-state index is 13.3. The molecule has 1 atom stereocenters.